The molecule has 0 radical (unpaired) electrons. The number of nitrogens with one attached hydrogen (secondary N) is 1. The number of anilines is 1. The molecule has 6 nitrogen and oxygen atoms in total. The number of carbonyl (C=O) groups excluding carboxylic acids is 1. The van der Waals surface area contributed by atoms with Crippen LogP contribution < -0.4 is 10.5 Å². The van der Waals surface area contributed by atoms with Gasteiger partial charge >= 0.3 is 0 Å². The van der Waals surface area contributed by atoms with Crippen LogP contribution in [0.3, 0.4) is 0 Å². The van der Waals surface area contributed by atoms with Crippen molar-refractivity contribution in [3.8, 4) is 0 Å². The second-order valence-electron chi connectivity index (χ2n) is 6.64. The molecule has 2 aromatic carbocycles. The number of carbonyl (C=O) groups is 1. The van der Waals surface area contributed by atoms with E-state index >= 15 is 0 Å². The summed E-state index contributed by atoms with van der Waals surface area (Å²) in [6, 6.07) is 14.8. The van der Waals surface area contributed by atoms with Crippen LogP contribution in [-0.2, 0) is 10.0 Å². The van der Waals surface area contributed by atoms with Crippen LogP contribution >= 0.6 is 12.4 Å². The third-order valence-electron chi connectivity index (χ3n) is 4.69. The van der Waals surface area contributed by atoms with Crippen LogP contribution in [-0.4, -0.2) is 38.4 Å². The Morgan fingerprint density at radius 3 is 2.33 bits per heavy atom. The molecular formula is C19H24ClN3O3S. The lowest BCUT2D eigenvalue weighted by molar-refractivity contribution is 0.0743. The Kier molecular flexibility index (Phi) is 6.86. The highest BCUT2D eigenvalue weighted by Gasteiger charge is 2.32. The number of nitrogens with two attached hydrogens (primary N) is 1. The molecule has 3 rings (SSSR count). The van der Waals surface area contributed by atoms with E-state index in [1.807, 2.05) is 11.8 Å². The number of nitrogens with zero attached hydrogens (tertiary/aromatic N) is 1. The van der Waals surface area contributed by atoms with E-state index in [1.54, 1.807) is 42.5 Å². The predicted octanol–water partition coefficient (Wildman–Crippen LogP) is 2.72. The Hall–Kier alpha value is -2.09. The predicted molar refractivity (Wildman–Crippen MR) is 109 cm³/mol. The smallest absolute Gasteiger partial charge is 0.261 e. The van der Waals surface area contributed by atoms with Gasteiger partial charge in [0, 0.05) is 23.8 Å². The average Bonchev–Trinajstić information content (AvgIpc) is 3.03. The lowest BCUT2D eigenvalue weighted by atomic mass is 10.1. The molecule has 1 heterocycles. The molecule has 1 aliphatic rings. The standard InChI is InChI=1S/C19H23N3O3S.ClH/c1-14-11-15(12-20)13-22(14)19(23)16-7-9-17(10-8-16)21-26(24,25)18-5-3-2-4-6-18;/h2-10,14-15,21H,11-13,20H2,1H3;1H. The second-order valence-corrected chi connectivity index (χ2v) is 8.32. The highest BCUT2D eigenvalue weighted by molar-refractivity contribution is 7.92. The molecule has 146 valence electrons. The SMILES string of the molecule is CC1CC(CN)CN1C(=O)c1ccc(NS(=O)(=O)c2ccccc2)cc1.Cl. The van der Waals surface area contributed by atoms with Gasteiger partial charge in [-0.25, -0.2) is 8.42 Å². The molecule has 0 saturated carbocycles. The molecule has 0 aliphatic carbocycles. The van der Waals surface area contributed by atoms with Crippen molar-refractivity contribution in [2.45, 2.75) is 24.3 Å². The van der Waals surface area contributed by atoms with E-state index in [1.165, 1.54) is 12.1 Å². The Morgan fingerprint density at radius 2 is 1.78 bits per heavy atom. The molecule has 2 unspecified atom stereocenters. The fraction of sp³-hybridized carbons (Fsp3) is 0.316. The van der Waals surface area contributed by atoms with Crippen molar-refractivity contribution in [3.63, 3.8) is 0 Å². The largest absolute Gasteiger partial charge is 0.336 e. The van der Waals surface area contributed by atoms with E-state index in [0.717, 1.165) is 6.42 Å². The summed E-state index contributed by atoms with van der Waals surface area (Å²) in [5, 5.41) is 0. The van der Waals surface area contributed by atoms with E-state index < -0.39 is 10.0 Å². The summed E-state index contributed by atoms with van der Waals surface area (Å²) < 4.78 is 27.2. The van der Waals surface area contributed by atoms with Crippen molar-refractivity contribution in [1.29, 1.82) is 0 Å². The maximum absolute atomic E-state index is 12.7. The first-order valence-electron chi connectivity index (χ1n) is 8.59. The molecule has 2 atom stereocenters. The molecule has 2 aromatic rings. The van der Waals surface area contributed by atoms with Gasteiger partial charge in [-0.1, -0.05) is 18.2 Å². The maximum Gasteiger partial charge on any atom is 0.261 e. The number of likely N-dealkylation sites (tertiary alicyclic amines) is 1. The van der Waals surface area contributed by atoms with Crippen LogP contribution in [0.5, 0.6) is 0 Å². The number of benzene rings is 2. The van der Waals surface area contributed by atoms with Crippen molar-refractivity contribution in [3.05, 3.63) is 60.2 Å². The monoisotopic (exact) mass is 409 g/mol. The fourth-order valence-electron chi connectivity index (χ4n) is 3.26. The molecule has 1 aliphatic heterocycles. The minimum absolute atomic E-state index is 0. The van der Waals surface area contributed by atoms with Crippen molar-refractivity contribution in [2.24, 2.45) is 11.7 Å². The number of hydrogen-bond acceptors (Lipinski definition) is 4. The molecular weight excluding hydrogens is 386 g/mol. The van der Waals surface area contributed by atoms with Crippen molar-refractivity contribution < 1.29 is 13.2 Å². The summed E-state index contributed by atoms with van der Waals surface area (Å²) >= 11 is 0. The summed E-state index contributed by atoms with van der Waals surface area (Å²) in [6.45, 7) is 3.27. The molecule has 1 amide bonds. The van der Waals surface area contributed by atoms with Gasteiger partial charge in [-0.05, 0) is 62.2 Å². The number of halogens is 1. The molecule has 27 heavy (non-hydrogen) atoms. The topological polar surface area (TPSA) is 92.5 Å². The van der Waals surface area contributed by atoms with Gasteiger partial charge in [-0.15, -0.1) is 12.4 Å². The average molecular weight is 410 g/mol. The summed E-state index contributed by atoms with van der Waals surface area (Å²) in [6.07, 6.45) is 0.914. The molecule has 8 heteroatoms. The van der Waals surface area contributed by atoms with Crippen LogP contribution in [0.4, 0.5) is 5.69 Å². The minimum Gasteiger partial charge on any atom is -0.336 e. The summed E-state index contributed by atoms with van der Waals surface area (Å²) in [7, 11) is -3.64. The number of amides is 1. The molecule has 1 saturated heterocycles. The number of sulfonamides is 1. The van der Waals surface area contributed by atoms with Gasteiger partial charge in [-0.3, -0.25) is 9.52 Å². The highest BCUT2D eigenvalue weighted by Crippen LogP contribution is 2.25. The molecule has 1 fully saturated rings. The normalized spacial score (nSPS) is 19.4. The van der Waals surface area contributed by atoms with Crippen LogP contribution in [0.2, 0.25) is 0 Å². The van der Waals surface area contributed by atoms with E-state index in [2.05, 4.69) is 4.72 Å². The van der Waals surface area contributed by atoms with Gasteiger partial charge in [0.05, 0.1) is 4.90 Å². The zero-order valence-corrected chi connectivity index (χ0v) is 16.7. The van der Waals surface area contributed by atoms with Gasteiger partial charge in [0.25, 0.3) is 15.9 Å². The van der Waals surface area contributed by atoms with Gasteiger partial charge in [0.15, 0.2) is 0 Å². The van der Waals surface area contributed by atoms with E-state index in [9.17, 15) is 13.2 Å². The first kappa shape index (κ1) is 21.2. The summed E-state index contributed by atoms with van der Waals surface area (Å²) in [4.78, 5) is 14.7. The van der Waals surface area contributed by atoms with Crippen molar-refractivity contribution >= 4 is 34.0 Å². The third-order valence-corrected chi connectivity index (χ3v) is 6.09. The van der Waals surface area contributed by atoms with E-state index in [0.29, 0.717) is 30.3 Å². The highest BCUT2D eigenvalue weighted by atomic mass is 35.5. The van der Waals surface area contributed by atoms with Crippen LogP contribution in [0, 0.1) is 5.92 Å². The summed E-state index contributed by atoms with van der Waals surface area (Å²) in [5.41, 5.74) is 6.68. The zero-order valence-electron chi connectivity index (χ0n) is 15.0. The van der Waals surface area contributed by atoms with Crippen molar-refractivity contribution in [1.82, 2.24) is 4.90 Å². The first-order valence-corrected chi connectivity index (χ1v) is 10.1. The third kappa shape index (κ3) is 4.80. The Balaban J connectivity index is 0.00000261. The van der Waals surface area contributed by atoms with Gasteiger partial charge in [-0.2, -0.15) is 0 Å². The van der Waals surface area contributed by atoms with Gasteiger partial charge in [0.2, 0.25) is 0 Å². The lowest BCUT2D eigenvalue weighted by Crippen LogP contribution is -2.34. The quantitative estimate of drug-likeness (QED) is 0.794. The Labute approximate surface area is 166 Å². The molecule has 0 spiro atoms. The van der Waals surface area contributed by atoms with Crippen LogP contribution in [0.25, 0.3) is 0 Å². The second kappa shape index (κ2) is 8.73. The van der Waals surface area contributed by atoms with Gasteiger partial charge < -0.3 is 10.6 Å². The lowest BCUT2D eigenvalue weighted by Gasteiger charge is -2.21. The van der Waals surface area contributed by atoms with Gasteiger partial charge in [0.1, 0.15) is 0 Å². The van der Waals surface area contributed by atoms with E-state index in [4.69, 9.17) is 5.73 Å². The fourth-order valence-corrected chi connectivity index (χ4v) is 4.34. The first-order chi connectivity index (χ1) is 12.4. The Morgan fingerprint density at radius 1 is 1.15 bits per heavy atom. The maximum atomic E-state index is 12.7. The van der Waals surface area contributed by atoms with Crippen LogP contribution in [0.1, 0.15) is 23.7 Å². The minimum atomic E-state index is -3.64. The number of rotatable bonds is 5. The Bertz CT molecular complexity index is 873. The van der Waals surface area contributed by atoms with Crippen LogP contribution in [0.15, 0.2) is 59.5 Å². The molecule has 0 aromatic heterocycles. The van der Waals surface area contributed by atoms with Crippen molar-refractivity contribution in [2.75, 3.05) is 17.8 Å². The zero-order chi connectivity index (χ0) is 18.7. The molecule has 3 N–H and O–H groups in total. The summed E-state index contributed by atoms with van der Waals surface area (Å²) in [5.74, 6) is 0.289. The van der Waals surface area contributed by atoms with E-state index in [-0.39, 0.29) is 29.3 Å². The molecule has 0 bridgehead atoms. The number of hydrogen-bond donors (Lipinski definition) is 2.